The Kier molecular flexibility index (Phi) is 1.96. The third-order valence-electron chi connectivity index (χ3n) is 2.36. The van der Waals surface area contributed by atoms with Crippen LogP contribution >= 0.6 is 0 Å². The minimum Gasteiger partial charge on any atom is -0.337 e. The molecule has 14 heavy (non-hydrogen) atoms. The average molecular weight is 192 g/mol. The van der Waals surface area contributed by atoms with Crippen LogP contribution in [0.25, 0.3) is 0 Å². The fourth-order valence-corrected chi connectivity index (χ4v) is 1.82. The highest BCUT2D eigenvalue weighted by Crippen LogP contribution is 2.22. The molecular weight excluding hydrogens is 176 g/mol. The molecule has 2 N–H and O–H groups in total. The zero-order valence-electron chi connectivity index (χ0n) is 8.91. The maximum Gasteiger partial charge on any atom is 0.225 e. The maximum absolute atomic E-state index is 5.93. The Hall–Kier alpha value is -1.16. The molecule has 0 amide bonds. The molecule has 1 fully saturated rings. The van der Waals surface area contributed by atoms with Crippen LogP contribution < -0.4 is 10.6 Å². The summed E-state index contributed by atoms with van der Waals surface area (Å²) in [6, 6.07) is 1.98. The van der Waals surface area contributed by atoms with Crippen molar-refractivity contribution in [2.24, 2.45) is 5.73 Å². The molecular formula is C10H16N4. The van der Waals surface area contributed by atoms with Crippen LogP contribution in [0, 0.1) is 13.8 Å². The van der Waals surface area contributed by atoms with Crippen LogP contribution in [-0.2, 0) is 0 Å². The SMILES string of the molecule is Cc1cc(C)nc(N2CC(C)(N)C2)n1. The number of nitrogens with zero attached hydrogens (tertiary/aromatic N) is 3. The number of hydrogen-bond donors (Lipinski definition) is 1. The van der Waals surface area contributed by atoms with E-state index in [4.69, 9.17) is 5.73 Å². The standard InChI is InChI=1S/C10H16N4/c1-7-4-8(2)13-9(12-7)14-5-10(3,11)6-14/h4H,5-6,11H2,1-3H3. The zero-order valence-corrected chi connectivity index (χ0v) is 8.91. The summed E-state index contributed by atoms with van der Waals surface area (Å²) in [5, 5.41) is 0. The first-order valence-corrected chi connectivity index (χ1v) is 4.82. The Bertz CT molecular complexity index is 331. The molecule has 0 atom stereocenters. The Labute approximate surface area is 84.2 Å². The van der Waals surface area contributed by atoms with Gasteiger partial charge in [-0.05, 0) is 26.8 Å². The zero-order chi connectivity index (χ0) is 10.3. The Balaban J connectivity index is 2.18. The van der Waals surface area contributed by atoms with E-state index in [-0.39, 0.29) is 5.54 Å². The number of nitrogens with two attached hydrogens (primary N) is 1. The van der Waals surface area contributed by atoms with Crippen LogP contribution in [0.2, 0.25) is 0 Å². The summed E-state index contributed by atoms with van der Waals surface area (Å²) in [4.78, 5) is 10.9. The largest absolute Gasteiger partial charge is 0.337 e. The molecule has 1 aromatic heterocycles. The number of hydrogen-bond acceptors (Lipinski definition) is 4. The summed E-state index contributed by atoms with van der Waals surface area (Å²) in [6.07, 6.45) is 0. The lowest BCUT2D eigenvalue weighted by Crippen LogP contribution is -2.66. The van der Waals surface area contributed by atoms with Gasteiger partial charge in [-0.25, -0.2) is 9.97 Å². The lowest BCUT2D eigenvalue weighted by atomic mass is 9.94. The van der Waals surface area contributed by atoms with Crippen molar-refractivity contribution in [2.75, 3.05) is 18.0 Å². The molecule has 0 radical (unpaired) electrons. The van der Waals surface area contributed by atoms with Gasteiger partial charge in [0.2, 0.25) is 5.95 Å². The van der Waals surface area contributed by atoms with Crippen molar-refractivity contribution in [1.29, 1.82) is 0 Å². The first-order valence-electron chi connectivity index (χ1n) is 4.82. The van der Waals surface area contributed by atoms with Gasteiger partial charge in [-0.15, -0.1) is 0 Å². The molecule has 4 nitrogen and oxygen atoms in total. The van der Waals surface area contributed by atoms with Crippen LogP contribution in [-0.4, -0.2) is 28.6 Å². The van der Waals surface area contributed by atoms with Crippen molar-refractivity contribution in [3.05, 3.63) is 17.5 Å². The van der Waals surface area contributed by atoms with Crippen molar-refractivity contribution < 1.29 is 0 Å². The maximum atomic E-state index is 5.93. The van der Waals surface area contributed by atoms with Gasteiger partial charge in [-0.3, -0.25) is 0 Å². The van der Waals surface area contributed by atoms with Crippen LogP contribution in [0.4, 0.5) is 5.95 Å². The molecule has 4 heteroatoms. The Morgan fingerprint density at radius 3 is 2.21 bits per heavy atom. The second-order valence-electron chi connectivity index (χ2n) is 4.46. The predicted octanol–water partition coefficient (Wildman–Crippen LogP) is 0.631. The summed E-state index contributed by atoms with van der Waals surface area (Å²) >= 11 is 0. The predicted molar refractivity (Wildman–Crippen MR) is 56.3 cm³/mol. The number of rotatable bonds is 1. The molecule has 0 aromatic carbocycles. The van der Waals surface area contributed by atoms with Gasteiger partial charge in [0.15, 0.2) is 0 Å². The van der Waals surface area contributed by atoms with Crippen molar-refractivity contribution in [3.8, 4) is 0 Å². The van der Waals surface area contributed by atoms with Crippen molar-refractivity contribution in [2.45, 2.75) is 26.3 Å². The van der Waals surface area contributed by atoms with Gasteiger partial charge >= 0.3 is 0 Å². The Morgan fingerprint density at radius 1 is 1.29 bits per heavy atom. The van der Waals surface area contributed by atoms with Gasteiger partial charge in [0.25, 0.3) is 0 Å². The van der Waals surface area contributed by atoms with Gasteiger partial charge in [-0.1, -0.05) is 0 Å². The second-order valence-corrected chi connectivity index (χ2v) is 4.46. The van der Waals surface area contributed by atoms with E-state index < -0.39 is 0 Å². The van der Waals surface area contributed by atoms with Gasteiger partial charge in [0.1, 0.15) is 0 Å². The first-order chi connectivity index (χ1) is 6.46. The smallest absolute Gasteiger partial charge is 0.225 e. The molecule has 1 saturated heterocycles. The number of aryl methyl sites for hydroxylation is 2. The minimum atomic E-state index is -0.0684. The summed E-state index contributed by atoms with van der Waals surface area (Å²) in [5.74, 6) is 0.811. The lowest BCUT2D eigenvalue weighted by molar-refractivity contribution is 0.359. The highest BCUT2D eigenvalue weighted by atomic mass is 15.3. The molecule has 0 spiro atoms. The molecule has 0 aliphatic carbocycles. The van der Waals surface area contributed by atoms with Crippen molar-refractivity contribution >= 4 is 5.95 Å². The van der Waals surface area contributed by atoms with Crippen molar-refractivity contribution in [3.63, 3.8) is 0 Å². The third-order valence-corrected chi connectivity index (χ3v) is 2.36. The molecule has 1 aliphatic heterocycles. The van der Waals surface area contributed by atoms with Gasteiger partial charge in [0, 0.05) is 30.0 Å². The minimum absolute atomic E-state index is 0.0684. The second kappa shape index (κ2) is 2.92. The summed E-state index contributed by atoms with van der Waals surface area (Å²) in [7, 11) is 0. The van der Waals surface area contributed by atoms with E-state index in [1.165, 1.54) is 0 Å². The summed E-state index contributed by atoms with van der Waals surface area (Å²) < 4.78 is 0. The molecule has 1 aromatic rings. The summed E-state index contributed by atoms with van der Waals surface area (Å²) in [6.45, 7) is 7.71. The fraction of sp³-hybridized carbons (Fsp3) is 0.600. The van der Waals surface area contributed by atoms with Crippen LogP contribution in [0.1, 0.15) is 18.3 Å². The highest BCUT2D eigenvalue weighted by Gasteiger charge is 2.36. The van der Waals surface area contributed by atoms with Crippen LogP contribution in [0.5, 0.6) is 0 Å². The highest BCUT2D eigenvalue weighted by molar-refractivity contribution is 5.38. The van der Waals surface area contributed by atoms with E-state index in [0.29, 0.717) is 0 Å². The molecule has 0 bridgehead atoms. The number of anilines is 1. The molecule has 2 heterocycles. The van der Waals surface area contributed by atoms with E-state index in [1.54, 1.807) is 0 Å². The van der Waals surface area contributed by atoms with Gasteiger partial charge < -0.3 is 10.6 Å². The monoisotopic (exact) mass is 192 g/mol. The van der Waals surface area contributed by atoms with E-state index in [9.17, 15) is 0 Å². The van der Waals surface area contributed by atoms with E-state index in [1.807, 2.05) is 26.8 Å². The molecule has 0 unspecified atom stereocenters. The Morgan fingerprint density at radius 2 is 1.79 bits per heavy atom. The van der Waals surface area contributed by atoms with E-state index in [2.05, 4.69) is 14.9 Å². The normalized spacial score (nSPS) is 19.3. The van der Waals surface area contributed by atoms with E-state index >= 15 is 0 Å². The molecule has 2 rings (SSSR count). The molecule has 76 valence electrons. The van der Waals surface area contributed by atoms with Crippen LogP contribution in [0.3, 0.4) is 0 Å². The number of aromatic nitrogens is 2. The first kappa shape index (κ1) is 9.40. The average Bonchev–Trinajstić information content (AvgIpc) is 1.97. The fourth-order valence-electron chi connectivity index (χ4n) is 1.82. The van der Waals surface area contributed by atoms with Crippen LogP contribution in [0.15, 0.2) is 6.07 Å². The topological polar surface area (TPSA) is 55.0 Å². The molecule has 0 saturated carbocycles. The van der Waals surface area contributed by atoms with Gasteiger partial charge in [-0.2, -0.15) is 0 Å². The summed E-state index contributed by atoms with van der Waals surface area (Å²) in [5.41, 5.74) is 7.88. The quantitative estimate of drug-likeness (QED) is 0.709. The molecule has 1 aliphatic rings. The lowest BCUT2D eigenvalue weighted by Gasteiger charge is -2.45. The van der Waals surface area contributed by atoms with E-state index in [0.717, 1.165) is 30.4 Å². The third kappa shape index (κ3) is 1.70. The van der Waals surface area contributed by atoms with Gasteiger partial charge in [0.05, 0.1) is 0 Å². The van der Waals surface area contributed by atoms with Crippen molar-refractivity contribution in [1.82, 2.24) is 9.97 Å².